The molecule has 1 rings (SSSR count). The van der Waals surface area contributed by atoms with E-state index in [1.165, 1.54) is 13.8 Å². The summed E-state index contributed by atoms with van der Waals surface area (Å²) in [5, 5.41) is 14.0. The summed E-state index contributed by atoms with van der Waals surface area (Å²) in [6.45, 7) is 2.85. The third-order valence-corrected chi connectivity index (χ3v) is 2.59. The van der Waals surface area contributed by atoms with Gasteiger partial charge in [-0.2, -0.15) is 0 Å². The first kappa shape index (κ1) is 14.8. The third kappa shape index (κ3) is 3.87. The van der Waals surface area contributed by atoms with Gasteiger partial charge < -0.3 is 20.6 Å². The quantitative estimate of drug-likeness (QED) is 0.774. The number of nitrogens with one attached hydrogen (secondary N) is 2. The van der Waals surface area contributed by atoms with Crippen molar-refractivity contribution in [2.45, 2.75) is 19.4 Å². The second-order valence-electron chi connectivity index (χ2n) is 4.92. The molecule has 0 saturated carbocycles. The SMILES string of the molecule is CN(C)c1ccccc1NC(=O)NC(C)(C)C(=O)O. The lowest BCUT2D eigenvalue weighted by atomic mass is 10.1. The summed E-state index contributed by atoms with van der Waals surface area (Å²) < 4.78 is 0. The molecule has 19 heavy (non-hydrogen) atoms. The minimum atomic E-state index is -1.32. The molecule has 6 nitrogen and oxygen atoms in total. The molecule has 0 radical (unpaired) electrons. The highest BCUT2D eigenvalue weighted by Gasteiger charge is 2.29. The molecular formula is C13H19N3O3. The van der Waals surface area contributed by atoms with E-state index in [1.54, 1.807) is 12.1 Å². The van der Waals surface area contributed by atoms with Crippen LogP contribution in [0.1, 0.15) is 13.8 Å². The lowest BCUT2D eigenvalue weighted by molar-refractivity contribution is -0.142. The number of amides is 2. The number of para-hydroxylation sites is 2. The molecule has 2 amide bonds. The zero-order valence-corrected chi connectivity index (χ0v) is 11.5. The number of aliphatic carboxylic acids is 1. The van der Waals surface area contributed by atoms with Gasteiger partial charge in [-0.05, 0) is 26.0 Å². The molecule has 0 fully saturated rings. The number of benzene rings is 1. The second kappa shape index (κ2) is 5.60. The van der Waals surface area contributed by atoms with Crippen molar-refractivity contribution in [1.29, 1.82) is 0 Å². The van der Waals surface area contributed by atoms with Crippen molar-refractivity contribution in [3.8, 4) is 0 Å². The predicted octanol–water partition coefficient (Wildman–Crippen LogP) is 1.74. The molecule has 0 atom stereocenters. The fourth-order valence-corrected chi connectivity index (χ4v) is 1.46. The van der Waals surface area contributed by atoms with Crippen molar-refractivity contribution in [1.82, 2.24) is 5.32 Å². The van der Waals surface area contributed by atoms with Gasteiger partial charge in [0.15, 0.2) is 0 Å². The van der Waals surface area contributed by atoms with E-state index in [-0.39, 0.29) is 0 Å². The minimum absolute atomic E-state index is 0.554. The normalized spacial score (nSPS) is 10.7. The van der Waals surface area contributed by atoms with E-state index in [9.17, 15) is 9.59 Å². The number of carboxylic acid groups (broad SMARTS) is 1. The van der Waals surface area contributed by atoms with E-state index in [0.29, 0.717) is 5.69 Å². The van der Waals surface area contributed by atoms with Gasteiger partial charge >= 0.3 is 12.0 Å². The smallest absolute Gasteiger partial charge is 0.328 e. The number of carbonyl (C=O) groups excluding carboxylic acids is 1. The Morgan fingerprint density at radius 2 is 1.79 bits per heavy atom. The first-order chi connectivity index (χ1) is 8.74. The fourth-order valence-electron chi connectivity index (χ4n) is 1.46. The van der Waals surface area contributed by atoms with Gasteiger partial charge in [-0.1, -0.05) is 12.1 Å². The summed E-state index contributed by atoms with van der Waals surface area (Å²) in [6, 6.07) is 6.72. The molecule has 0 aliphatic carbocycles. The Morgan fingerprint density at radius 3 is 2.32 bits per heavy atom. The Hall–Kier alpha value is -2.24. The molecule has 0 unspecified atom stereocenters. The maximum atomic E-state index is 11.8. The van der Waals surface area contributed by atoms with Crippen LogP contribution in [0.3, 0.4) is 0 Å². The van der Waals surface area contributed by atoms with Gasteiger partial charge in [-0.25, -0.2) is 9.59 Å². The topological polar surface area (TPSA) is 81.7 Å². The Bertz CT molecular complexity index is 484. The van der Waals surface area contributed by atoms with Crippen LogP contribution in [0.15, 0.2) is 24.3 Å². The van der Waals surface area contributed by atoms with E-state index in [0.717, 1.165) is 5.69 Å². The predicted molar refractivity (Wildman–Crippen MR) is 74.6 cm³/mol. The number of carbonyl (C=O) groups is 2. The van der Waals surface area contributed by atoms with Crippen LogP contribution >= 0.6 is 0 Å². The second-order valence-corrected chi connectivity index (χ2v) is 4.92. The van der Waals surface area contributed by atoms with Crippen molar-refractivity contribution >= 4 is 23.4 Å². The highest BCUT2D eigenvalue weighted by molar-refractivity contribution is 5.96. The largest absolute Gasteiger partial charge is 0.480 e. The van der Waals surface area contributed by atoms with Crippen LogP contribution in [0.2, 0.25) is 0 Å². The lowest BCUT2D eigenvalue weighted by Crippen LogP contribution is -2.51. The van der Waals surface area contributed by atoms with E-state index in [4.69, 9.17) is 5.11 Å². The van der Waals surface area contributed by atoms with E-state index in [1.807, 2.05) is 31.1 Å². The maximum Gasteiger partial charge on any atom is 0.328 e. The van der Waals surface area contributed by atoms with E-state index in [2.05, 4.69) is 10.6 Å². The molecule has 0 spiro atoms. The molecule has 0 aliphatic heterocycles. The molecule has 6 heteroatoms. The van der Waals surface area contributed by atoms with Crippen LogP contribution < -0.4 is 15.5 Å². The van der Waals surface area contributed by atoms with Gasteiger partial charge in [0.2, 0.25) is 0 Å². The summed E-state index contributed by atoms with van der Waals surface area (Å²) in [6.07, 6.45) is 0. The molecule has 104 valence electrons. The summed E-state index contributed by atoms with van der Waals surface area (Å²) in [4.78, 5) is 24.6. The summed E-state index contributed by atoms with van der Waals surface area (Å²) >= 11 is 0. The number of rotatable bonds is 4. The summed E-state index contributed by atoms with van der Waals surface area (Å²) in [7, 11) is 3.72. The van der Waals surface area contributed by atoms with Crippen molar-refractivity contribution in [3.05, 3.63) is 24.3 Å². The molecular weight excluding hydrogens is 246 g/mol. The van der Waals surface area contributed by atoms with Gasteiger partial charge in [-0.3, -0.25) is 0 Å². The van der Waals surface area contributed by atoms with E-state index < -0.39 is 17.5 Å². The summed E-state index contributed by atoms with van der Waals surface area (Å²) in [5.74, 6) is -1.09. The molecule has 0 aromatic heterocycles. The highest BCUT2D eigenvalue weighted by Crippen LogP contribution is 2.23. The Morgan fingerprint density at radius 1 is 1.21 bits per heavy atom. The average molecular weight is 265 g/mol. The Balaban J connectivity index is 2.81. The zero-order chi connectivity index (χ0) is 14.6. The third-order valence-electron chi connectivity index (χ3n) is 2.59. The zero-order valence-electron chi connectivity index (χ0n) is 11.5. The molecule has 0 aliphatic rings. The molecule has 0 bridgehead atoms. The van der Waals surface area contributed by atoms with Crippen LogP contribution in [-0.2, 0) is 4.79 Å². The molecule has 3 N–H and O–H groups in total. The van der Waals surface area contributed by atoms with Gasteiger partial charge in [0.05, 0.1) is 11.4 Å². The highest BCUT2D eigenvalue weighted by atomic mass is 16.4. The number of hydrogen-bond donors (Lipinski definition) is 3. The monoisotopic (exact) mass is 265 g/mol. The molecule has 0 heterocycles. The van der Waals surface area contributed by atoms with Gasteiger partial charge in [0.25, 0.3) is 0 Å². The molecule has 1 aromatic rings. The van der Waals surface area contributed by atoms with Gasteiger partial charge in [0.1, 0.15) is 5.54 Å². The van der Waals surface area contributed by atoms with Crippen LogP contribution in [0, 0.1) is 0 Å². The summed E-state index contributed by atoms with van der Waals surface area (Å²) in [5.41, 5.74) is 0.133. The number of urea groups is 1. The van der Waals surface area contributed by atoms with Crippen molar-refractivity contribution in [3.63, 3.8) is 0 Å². The number of nitrogens with zero attached hydrogens (tertiary/aromatic N) is 1. The Labute approximate surface area is 112 Å². The maximum absolute atomic E-state index is 11.8. The van der Waals surface area contributed by atoms with Crippen LogP contribution in [0.5, 0.6) is 0 Å². The van der Waals surface area contributed by atoms with Crippen LogP contribution in [0.4, 0.5) is 16.2 Å². The Kier molecular flexibility index (Phi) is 4.37. The van der Waals surface area contributed by atoms with Crippen molar-refractivity contribution < 1.29 is 14.7 Å². The van der Waals surface area contributed by atoms with Crippen LogP contribution in [-0.4, -0.2) is 36.7 Å². The number of carboxylic acids is 1. The standard InChI is InChI=1S/C13H19N3O3/c1-13(2,11(17)18)15-12(19)14-9-7-5-6-8-10(9)16(3)4/h5-8H,1-4H3,(H,17,18)(H2,14,15,19). The minimum Gasteiger partial charge on any atom is -0.480 e. The molecule has 1 aromatic carbocycles. The molecule has 0 saturated heterocycles. The van der Waals surface area contributed by atoms with Crippen molar-refractivity contribution in [2.24, 2.45) is 0 Å². The average Bonchev–Trinajstić information content (AvgIpc) is 2.28. The van der Waals surface area contributed by atoms with E-state index >= 15 is 0 Å². The van der Waals surface area contributed by atoms with Crippen molar-refractivity contribution in [2.75, 3.05) is 24.3 Å². The van der Waals surface area contributed by atoms with Gasteiger partial charge in [-0.15, -0.1) is 0 Å². The fraction of sp³-hybridized carbons (Fsp3) is 0.385. The lowest BCUT2D eigenvalue weighted by Gasteiger charge is -2.23. The number of anilines is 2. The first-order valence-electron chi connectivity index (χ1n) is 5.83. The number of hydrogen-bond acceptors (Lipinski definition) is 3. The first-order valence-corrected chi connectivity index (χ1v) is 5.83. The van der Waals surface area contributed by atoms with Gasteiger partial charge in [0, 0.05) is 14.1 Å². The van der Waals surface area contributed by atoms with Crippen LogP contribution in [0.25, 0.3) is 0 Å².